The molecule has 0 fully saturated rings. The Hall–Kier alpha value is -1.06. The average Bonchev–Trinajstić information content (AvgIpc) is 1.85. The summed E-state index contributed by atoms with van der Waals surface area (Å²) in [6, 6.07) is -0.626. The summed E-state index contributed by atoms with van der Waals surface area (Å²) in [5.74, 6) is 0. The summed E-state index contributed by atoms with van der Waals surface area (Å²) in [4.78, 5) is 10.2. The van der Waals surface area contributed by atoms with E-state index in [1.807, 2.05) is 0 Å². The van der Waals surface area contributed by atoms with E-state index < -0.39 is 6.03 Å². The highest BCUT2D eigenvalue weighted by molar-refractivity contribution is 5.73. The lowest BCUT2D eigenvalue weighted by Gasteiger charge is -2.16. The lowest BCUT2D eigenvalue weighted by molar-refractivity contribution is 0.249. The summed E-state index contributed by atoms with van der Waals surface area (Å²) in [5, 5.41) is 3.71. The zero-order valence-electron chi connectivity index (χ0n) is 7.92. The van der Waals surface area contributed by atoms with Gasteiger partial charge in [-0.05, 0) is 6.42 Å². The fraction of sp³-hybridized carbons (Fsp3) is 0.750. The van der Waals surface area contributed by atoms with Crippen molar-refractivity contribution in [3.63, 3.8) is 0 Å². The molecule has 0 aromatic rings. The molecule has 3 N–H and O–H groups in total. The third kappa shape index (κ3) is 5.70. The zero-order valence-corrected chi connectivity index (χ0v) is 7.92. The van der Waals surface area contributed by atoms with E-state index in [2.05, 4.69) is 31.3 Å². The first-order valence-corrected chi connectivity index (χ1v) is 4.07. The molecule has 12 heavy (non-hydrogen) atoms. The number of hydrogen-bond acceptors (Lipinski definition) is 2. The Bertz CT molecular complexity index is 175. The molecule has 0 aliphatic heterocycles. The molecule has 0 spiro atoms. The molecular weight excluding hydrogens is 154 g/mol. The molecule has 0 radical (unpaired) electrons. The molecule has 4 nitrogen and oxygen atoms in total. The summed E-state index contributed by atoms with van der Waals surface area (Å²) >= 11 is 0. The second-order valence-corrected chi connectivity index (χ2v) is 3.47. The second-order valence-electron chi connectivity index (χ2n) is 3.47. The molecular formula is C8H17N3O. The number of hydrogen-bond donors (Lipinski definition) is 2. The minimum atomic E-state index is -0.626. The van der Waals surface area contributed by atoms with Gasteiger partial charge in [-0.1, -0.05) is 27.2 Å². The largest absolute Gasteiger partial charge is 0.350 e. The Kier molecular flexibility index (Phi) is 4.33. The van der Waals surface area contributed by atoms with Gasteiger partial charge in [0.05, 0.1) is 0 Å². The van der Waals surface area contributed by atoms with Crippen molar-refractivity contribution >= 4 is 12.2 Å². The maximum absolute atomic E-state index is 10.2. The molecule has 0 aliphatic rings. The minimum absolute atomic E-state index is 0.0250. The van der Waals surface area contributed by atoms with E-state index >= 15 is 0 Å². The van der Waals surface area contributed by atoms with E-state index in [9.17, 15) is 4.79 Å². The quantitative estimate of drug-likeness (QED) is 0.488. The van der Waals surface area contributed by atoms with E-state index in [0.29, 0.717) is 0 Å². The second kappa shape index (κ2) is 4.74. The van der Waals surface area contributed by atoms with Crippen molar-refractivity contribution in [1.82, 2.24) is 5.43 Å². The fourth-order valence-electron chi connectivity index (χ4n) is 0.980. The molecule has 0 saturated heterocycles. The highest BCUT2D eigenvalue weighted by Gasteiger charge is 2.12. The van der Waals surface area contributed by atoms with Gasteiger partial charge in [-0.3, -0.25) is 0 Å². The van der Waals surface area contributed by atoms with E-state index in [4.69, 9.17) is 5.73 Å². The molecule has 0 bridgehead atoms. The van der Waals surface area contributed by atoms with Gasteiger partial charge in [-0.25, -0.2) is 10.2 Å². The van der Waals surface area contributed by atoms with Crippen LogP contribution in [0.2, 0.25) is 0 Å². The summed E-state index contributed by atoms with van der Waals surface area (Å²) in [7, 11) is 0. The van der Waals surface area contributed by atoms with Crippen LogP contribution in [0, 0.1) is 5.41 Å². The molecule has 70 valence electrons. The number of nitrogens with two attached hydrogens (primary N) is 1. The number of nitrogens with zero attached hydrogens (tertiary/aromatic N) is 1. The summed E-state index contributed by atoms with van der Waals surface area (Å²) < 4.78 is 0. The molecule has 0 aliphatic carbocycles. The smallest absolute Gasteiger partial charge is 0.332 e. The molecule has 2 amide bonds. The summed E-state index contributed by atoms with van der Waals surface area (Å²) in [6.45, 7) is 6.22. The van der Waals surface area contributed by atoms with Gasteiger partial charge in [-0.15, -0.1) is 0 Å². The third-order valence-corrected chi connectivity index (χ3v) is 1.48. The van der Waals surface area contributed by atoms with Crippen molar-refractivity contribution in [1.29, 1.82) is 0 Å². The predicted molar refractivity (Wildman–Crippen MR) is 49.9 cm³/mol. The molecule has 0 heterocycles. The number of carbonyl (C=O) groups excluding carboxylic acids is 1. The Morgan fingerprint density at radius 3 is 2.67 bits per heavy atom. The van der Waals surface area contributed by atoms with Crippen molar-refractivity contribution in [2.24, 2.45) is 16.3 Å². The summed E-state index contributed by atoms with van der Waals surface area (Å²) in [5.41, 5.74) is 7.03. The first kappa shape index (κ1) is 10.9. The van der Waals surface area contributed by atoms with Crippen molar-refractivity contribution in [3.8, 4) is 0 Å². The van der Waals surface area contributed by atoms with Crippen LogP contribution in [0.3, 0.4) is 0 Å². The highest BCUT2D eigenvalue weighted by atomic mass is 16.2. The molecule has 0 rings (SSSR count). The van der Waals surface area contributed by atoms with Gasteiger partial charge in [0.25, 0.3) is 0 Å². The number of amides is 2. The topological polar surface area (TPSA) is 67.5 Å². The van der Waals surface area contributed by atoms with Crippen LogP contribution in [0.1, 0.15) is 33.6 Å². The SMILES string of the molecule is CCCC(C)(C)/C=N/NC(N)=O. The van der Waals surface area contributed by atoms with Gasteiger partial charge in [0.2, 0.25) is 0 Å². The van der Waals surface area contributed by atoms with Gasteiger partial charge < -0.3 is 5.73 Å². The molecule has 4 heteroatoms. The van der Waals surface area contributed by atoms with Gasteiger partial charge >= 0.3 is 6.03 Å². The zero-order chi connectivity index (χ0) is 9.61. The van der Waals surface area contributed by atoms with Crippen molar-refractivity contribution in [3.05, 3.63) is 0 Å². The number of urea groups is 1. The van der Waals surface area contributed by atoms with E-state index in [1.54, 1.807) is 6.21 Å². The fourth-order valence-corrected chi connectivity index (χ4v) is 0.980. The van der Waals surface area contributed by atoms with Crippen LogP contribution < -0.4 is 11.2 Å². The van der Waals surface area contributed by atoms with E-state index in [0.717, 1.165) is 12.8 Å². The normalized spacial score (nSPS) is 11.9. The third-order valence-electron chi connectivity index (χ3n) is 1.48. The minimum Gasteiger partial charge on any atom is -0.350 e. The lowest BCUT2D eigenvalue weighted by atomic mass is 9.90. The Labute approximate surface area is 73.2 Å². The van der Waals surface area contributed by atoms with Crippen LogP contribution in [0.15, 0.2) is 5.10 Å². The molecule has 0 aromatic heterocycles. The van der Waals surface area contributed by atoms with Crippen molar-refractivity contribution in [2.45, 2.75) is 33.6 Å². The Morgan fingerprint density at radius 1 is 1.67 bits per heavy atom. The molecule has 0 atom stereocenters. The average molecular weight is 171 g/mol. The van der Waals surface area contributed by atoms with Gasteiger partial charge in [0.1, 0.15) is 0 Å². The van der Waals surface area contributed by atoms with Crippen LogP contribution >= 0.6 is 0 Å². The molecule has 0 saturated carbocycles. The first-order chi connectivity index (χ1) is 5.48. The van der Waals surface area contributed by atoms with E-state index in [1.165, 1.54) is 0 Å². The number of rotatable bonds is 4. The number of nitrogens with one attached hydrogen (secondary N) is 1. The van der Waals surface area contributed by atoms with Crippen LogP contribution in [-0.2, 0) is 0 Å². The first-order valence-electron chi connectivity index (χ1n) is 4.07. The standard InChI is InChI=1S/C8H17N3O/c1-4-5-8(2,3)6-10-11-7(9)12/h6H,4-5H2,1-3H3,(H3,9,11,12)/b10-6+. The van der Waals surface area contributed by atoms with Crippen LogP contribution in [0.25, 0.3) is 0 Å². The highest BCUT2D eigenvalue weighted by Crippen LogP contribution is 2.18. The van der Waals surface area contributed by atoms with Crippen LogP contribution in [0.4, 0.5) is 4.79 Å². The lowest BCUT2D eigenvalue weighted by Crippen LogP contribution is -2.26. The van der Waals surface area contributed by atoms with E-state index in [-0.39, 0.29) is 5.41 Å². The maximum atomic E-state index is 10.2. The number of carbonyl (C=O) groups is 1. The van der Waals surface area contributed by atoms with Gasteiger partial charge in [-0.2, -0.15) is 5.10 Å². The van der Waals surface area contributed by atoms with Crippen molar-refractivity contribution < 1.29 is 4.79 Å². The molecule has 0 aromatic carbocycles. The number of primary amides is 1. The van der Waals surface area contributed by atoms with Gasteiger partial charge in [0, 0.05) is 11.6 Å². The predicted octanol–water partition coefficient (Wildman–Crippen LogP) is 1.47. The molecule has 0 unspecified atom stereocenters. The number of hydrazone groups is 1. The summed E-state index contributed by atoms with van der Waals surface area (Å²) in [6.07, 6.45) is 3.84. The van der Waals surface area contributed by atoms with Crippen molar-refractivity contribution in [2.75, 3.05) is 0 Å². The Morgan fingerprint density at radius 2 is 2.25 bits per heavy atom. The van der Waals surface area contributed by atoms with Gasteiger partial charge in [0.15, 0.2) is 0 Å². The van der Waals surface area contributed by atoms with Crippen LogP contribution in [-0.4, -0.2) is 12.2 Å². The van der Waals surface area contributed by atoms with Crippen LogP contribution in [0.5, 0.6) is 0 Å². The Balaban J connectivity index is 3.86. The maximum Gasteiger partial charge on any atom is 0.332 e. The monoisotopic (exact) mass is 171 g/mol.